The Balaban J connectivity index is 0.000000309. The number of nitrogens with zero attached hydrogens (tertiary/aromatic N) is 2. The molecule has 0 saturated carbocycles. The number of hydrogen-bond acceptors (Lipinski definition) is 7. The molecule has 0 bridgehead atoms. The monoisotopic (exact) mass is 344 g/mol. The first-order chi connectivity index (χ1) is 10.2. The zero-order chi connectivity index (χ0) is 16.5. The molecule has 9 heteroatoms. The molecule has 0 unspecified atom stereocenters. The third-order valence-corrected chi connectivity index (χ3v) is 3.85. The molecule has 0 radical (unpaired) electrons. The minimum atomic E-state index is -4.94. The molecule has 118 valence electrons. The van der Waals surface area contributed by atoms with Crippen LogP contribution in [0.25, 0.3) is 15.2 Å². The van der Waals surface area contributed by atoms with Crippen molar-refractivity contribution in [3.63, 3.8) is 0 Å². The van der Waals surface area contributed by atoms with Gasteiger partial charge in [-0.05, 0) is 35.4 Å². The maximum Gasteiger partial charge on any atom is 0.388 e. The van der Waals surface area contributed by atoms with E-state index in [1.165, 1.54) is 15.9 Å². The lowest BCUT2D eigenvalue weighted by Gasteiger charge is -2.17. The summed E-state index contributed by atoms with van der Waals surface area (Å²) in [7, 11) is -3.25. The number of aromatic nitrogens is 2. The number of thiazole rings is 1. The highest BCUT2D eigenvalue weighted by molar-refractivity contribution is 7.22. The topological polar surface area (TPSA) is 118 Å². The van der Waals surface area contributed by atoms with Crippen LogP contribution < -0.4 is 27.8 Å². The molecule has 0 aliphatic heterocycles. The molecule has 0 fully saturated rings. The van der Waals surface area contributed by atoms with Crippen LogP contribution in [0.4, 0.5) is 0 Å². The highest BCUT2D eigenvalue weighted by atomic mass is 35.7. The molecule has 22 heavy (non-hydrogen) atoms. The fraction of sp³-hybridized carbons (Fsp3) is 0.231. The van der Waals surface area contributed by atoms with Crippen molar-refractivity contribution in [2.75, 3.05) is 7.11 Å². The lowest BCUT2D eigenvalue weighted by molar-refractivity contribution is -2.00. The van der Waals surface area contributed by atoms with E-state index < -0.39 is 10.2 Å². The number of aryl methyl sites for hydroxylation is 2. The Morgan fingerprint density at radius 1 is 1.14 bits per heavy atom. The SMILES string of the molecule is COc1ccc2c(c1)sc1nc(C)cc(C)[n+]12.[O-][Cl+3]([O-])([O-])[O-]. The van der Waals surface area contributed by atoms with Gasteiger partial charge in [0.15, 0.2) is 11.2 Å². The summed E-state index contributed by atoms with van der Waals surface area (Å²) in [6.45, 7) is 4.13. The predicted molar refractivity (Wildman–Crippen MR) is 68.8 cm³/mol. The molecular weight excluding hydrogens is 332 g/mol. The molecule has 0 atom stereocenters. The zero-order valence-electron chi connectivity index (χ0n) is 12.0. The first-order valence-electron chi connectivity index (χ1n) is 6.07. The van der Waals surface area contributed by atoms with E-state index in [9.17, 15) is 0 Å². The Bertz CT molecular complexity index is 809. The molecule has 2 aromatic heterocycles. The predicted octanol–water partition coefficient (Wildman–Crippen LogP) is -2.10. The van der Waals surface area contributed by atoms with Gasteiger partial charge in [0.05, 0.1) is 11.8 Å². The van der Waals surface area contributed by atoms with E-state index in [4.69, 9.17) is 23.4 Å². The normalized spacial score (nSPS) is 11.4. The molecule has 2 heterocycles. The van der Waals surface area contributed by atoms with Crippen molar-refractivity contribution < 1.29 is 38.0 Å². The van der Waals surface area contributed by atoms with Crippen molar-refractivity contribution in [1.82, 2.24) is 4.98 Å². The maximum atomic E-state index is 8.49. The summed E-state index contributed by atoms with van der Waals surface area (Å²) in [6, 6.07) is 8.23. The number of fused-ring (bicyclic) bond motifs is 3. The van der Waals surface area contributed by atoms with Crippen LogP contribution in [-0.4, -0.2) is 12.1 Å². The Morgan fingerprint density at radius 3 is 2.36 bits per heavy atom. The van der Waals surface area contributed by atoms with Gasteiger partial charge in [-0.3, -0.25) is 0 Å². The summed E-state index contributed by atoms with van der Waals surface area (Å²) < 4.78 is 42.6. The summed E-state index contributed by atoms with van der Waals surface area (Å²) in [5, 5.41) is 0. The van der Waals surface area contributed by atoms with Gasteiger partial charge in [0.1, 0.15) is 11.4 Å². The number of benzene rings is 1. The number of halogens is 1. The van der Waals surface area contributed by atoms with Crippen LogP contribution in [0.1, 0.15) is 11.4 Å². The highest BCUT2D eigenvalue weighted by Crippen LogP contribution is 2.25. The second kappa shape index (κ2) is 6.29. The van der Waals surface area contributed by atoms with Crippen LogP contribution in [-0.2, 0) is 0 Å². The fourth-order valence-electron chi connectivity index (χ4n) is 2.10. The summed E-state index contributed by atoms with van der Waals surface area (Å²) in [5.74, 6) is 0.888. The van der Waals surface area contributed by atoms with E-state index >= 15 is 0 Å². The summed E-state index contributed by atoms with van der Waals surface area (Å²) in [5.41, 5.74) is 3.46. The molecule has 0 aliphatic rings. The van der Waals surface area contributed by atoms with Crippen LogP contribution in [0.5, 0.6) is 5.75 Å². The molecule has 0 saturated heterocycles. The lowest BCUT2D eigenvalue weighted by Crippen LogP contribution is -2.68. The van der Waals surface area contributed by atoms with Crippen LogP contribution in [0.3, 0.4) is 0 Å². The smallest absolute Gasteiger partial charge is 0.388 e. The van der Waals surface area contributed by atoms with Gasteiger partial charge < -0.3 is 4.74 Å². The van der Waals surface area contributed by atoms with Crippen molar-refractivity contribution in [3.05, 3.63) is 35.7 Å². The van der Waals surface area contributed by atoms with Gasteiger partial charge in [-0.1, -0.05) is 0 Å². The minimum absolute atomic E-state index is 0.888. The largest absolute Gasteiger partial charge is 0.497 e. The van der Waals surface area contributed by atoms with Crippen molar-refractivity contribution in [3.8, 4) is 5.75 Å². The molecular formula is C13H13ClN2O5S. The van der Waals surface area contributed by atoms with Gasteiger partial charge in [-0.15, -0.1) is 10.2 Å². The van der Waals surface area contributed by atoms with Gasteiger partial charge >= 0.3 is 4.96 Å². The van der Waals surface area contributed by atoms with E-state index in [1.807, 2.05) is 13.0 Å². The van der Waals surface area contributed by atoms with Crippen molar-refractivity contribution >= 4 is 26.5 Å². The summed E-state index contributed by atoms with van der Waals surface area (Å²) in [4.78, 5) is 5.60. The van der Waals surface area contributed by atoms with Gasteiger partial charge in [-0.25, -0.2) is 18.6 Å². The van der Waals surface area contributed by atoms with Gasteiger partial charge in [0.2, 0.25) is 0 Å². The highest BCUT2D eigenvalue weighted by Gasteiger charge is 2.16. The third-order valence-electron chi connectivity index (χ3n) is 2.84. The second-order valence-electron chi connectivity index (χ2n) is 4.47. The molecule has 0 spiro atoms. The third kappa shape index (κ3) is 4.01. The number of ether oxygens (including phenoxy) is 1. The van der Waals surface area contributed by atoms with Crippen LogP contribution in [0, 0.1) is 24.1 Å². The van der Waals surface area contributed by atoms with Crippen LogP contribution in [0.15, 0.2) is 24.3 Å². The lowest BCUT2D eigenvalue weighted by atomic mass is 10.3. The molecule has 0 aliphatic carbocycles. The van der Waals surface area contributed by atoms with Crippen molar-refractivity contribution in [2.24, 2.45) is 0 Å². The molecule has 0 N–H and O–H groups in total. The van der Waals surface area contributed by atoms with Crippen molar-refractivity contribution in [1.29, 1.82) is 0 Å². The van der Waals surface area contributed by atoms with E-state index in [1.54, 1.807) is 18.4 Å². The van der Waals surface area contributed by atoms with E-state index in [2.05, 4.69) is 34.5 Å². The molecule has 7 nitrogen and oxygen atoms in total. The average Bonchev–Trinajstić information content (AvgIpc) is 2.73. The van der Waals surface area contributed by atoms with Gasteiger partial charge in [0.25, 0.3) is 0 Å². The van der Waals surface area contributed by atoms with Gasteiger partial charge in [-0.2, -0.15) is 4.40 Å². The Morgan fingerprint density at radius 2 is 1.77 bits per heavy atom. The molecule has 3 aromatic rings. The quantitative estimate of drug-likeness (QED) is 0.467. The first-order valence-corrected chi connectivity index (χ1v) is 8.12. The van der Waals surface area contributed by atoms with E-state index in [0.717, 1.165) is 16.4 Å². The Hall–Kier alpha value is -1.55. The second-order valence-corrected chi connectivity index (χ2v) is 6.24. The zero-order valence-corrected chi connectivity index (χ0v) is 13.6. The standard InChI is InChI=1S/C13H13N2OS.ClHO4/c1-8-6-9(2)15-11-5-4-10(16-3)7-12(11)17-13(15)14-8;2-1(3,4)5/h4-7H,1-3H3;(H,2,3,4,5)/q+1;/p-1. The Kier molecular flexibility index (Phi) is 4.81. The number of hydrogen-bond donors (Lipinski definition) is 0. The summed E-state index contributed by atoms with van der Waals surface area (Å²) >= 11 is 1.69. The average molecular weight is 345 g/mol. The van der Waals surface area contributed by atoms with Crippen LogP contribution >= 0.6 is 11.3 Å². The molecule has 0 amide bonds. The number of methoxy groups -OCH3 is 1. The summed E-state index contributed by atoms with van der Waals surface area (Å²) in [6.07, 6.45) is 0. The van der Waals surface area contributed by atoms with Gasteiger partial charge in [0, 0.05) is 19.1 Å². The number of rotatable bonds is 1. The van der Waals surface area contributed by atoms with Crippen LogP contribution in [0.2, 0.25) is 0 Å². The van der Waals surface area contributed by atoms with E-state index in [-0.39, 0.29) is 0 Å². The fourth-order valence-corrected chi connectivity index (χ4v) is 3.26. The first kappa shape index (κ1) is 16.8. The molecule has 1 aromatic carbocycles. The van der Waals surface area contributed by atoms with Crippen molar-refractivity contribution in [2.45, 2.75) is 13.8 Å². The Labute approximate surface area is 132 Å². The maximum absolute atomic E-state index is 8.49. The minimum Gasteiger partial charge on any atom is -0.497 e. The molecule has 3 rings (SSSR count). The van der Waals surface area contributed by atoms with E-state index in [0.29, 0.717) is 0 Å².